The molecule has 3 atom stereocenters. The van der Waals surface area contributed by atoms with Crippen LogP contribution in [-0.4, -0.2) is 16.1 Å². The molecule has 0 saturated carbocycles. The monoisotopic (exact) mass is 1490 g/mol. The summed E-state index contributed by atoms with van der Waals surface area (Å²) in [5.41, 5.74) is 32.9. The van der Waals surface area contributed by atoms with Gasteiger partial charge in [0.1, 0.15) is 0 Å². The average Bonchev–Trinajstić information content (AvgIpc) is 1.59. The maximum atomic E-state index is 4.93. The third kappa shape index (κ3) is 14.3. The molecule has 512 valence electrons. The molecule has 4 nitrogen and oxygen atoms in total. The number of hydrogen-bond acceptors (Lipinski definition) is 4. The standard InChI is InChI=1S/2C46H42N2Si.2CH3.2ClH.Zr/c2*1-33-31-41-39(27-17-29-43(41)47(35-19-9-5-10-20-35)36-21-11-6-12-22-36)45(33)49(3,4)46-34(2)32-42-40(46)28-18-30-44(42)48(37-23-13-7-14-24-37)38-25-15-8-16-26-38;;;;;/h5-31,45H,32H2,1-4H3;5-32,45-46H,1-4H3;2*1H3;2*1H;/q;;2*-1;;;+4/p-2. The Morgan fingerprint density at radius 3 is 0.816 bits per heavy atom. The van der Waals surface area contributed by atoms with E-state index in [9.17, 15) is 0 Å². The zero-order valence-corrected chi connectivity index (χ0v) is 66.7. The Labute approximate surface area is 634 Å². The van der Waals surface area contributed by atoms with Crippen LogP contribution in [-0.2, 0) is 27.3 Å². The van der Waals surface area contributed by atoms with E-state index in [-0.39, 0.29) is 14.9 Å². The predicted molar refractivity (Wildman–Crippen MR) is 449 cm³/mol. The Morgan fingerprint density at radius 1 is 0.301 bits per heavy atom. The number of halogens is 2. The van der Waals surface area contributed by atoms with E-state index >= 15 is 0 Å². The van der Waals surface area contributed by atoms with Crippen LogP contribution in [0.15, 0.2) is 338 Å². The molecule has 0 fully saturated rings. The van der Waals surface area contributed by atoms with Crippen molar-refractivity contribution in [3.8, 4) is 0 Å². The molecule has 16 rings (SSSR count). The van der Waals surface area contributed by atoms with Gasteiger partial charge >= 0.3 is 37.9 Å². The van der Waals surface area contributed by atoms with Crippen LogP contribution >= 0.6 is 17.0 Å². The van der Waals surface area contributed by atoms with Crippen molar-refractivity contribution in [1.29, 1.82) is 0 Å². The van der Waals surface area contributed by atoms with Gasteiger partial charge in [0.05, 0.1) is 38.9 Å². The van der Waals surface area contributed by atoms with Gasteiger partial charge in [0.15, 0.2) is 0 Å². The fraction of sp³-hybridized carbons (Fsp3) is 0.128. The van der Waals surface area contributed by atoms with Crippen LogP contribution in [0.4, 0.5) is 68.2 Å². The Bertz CT molecular complexity index is 4720. The van der Waals surface area contributed by atoms with Gasteiger partial charge < -0.3 is 34.5 Å². The van der Waals surface area contributed by atoms with E-state index in [2.05, 4.69) is 407 Å². The molecule has 0 spiro atoms. The van der Waals surface area contributed by atoms with Crippen molar-refractivity contribution in [2.24, 2.45) is 0 Å². The van der Waals surface area contributed by atoms with Gasteiger partial charge in [0.2, 0.25) is 0 Å². The van der Waals surface area contributed by atoms with Gasteiger partial charge in [0.25, 0.3) is 0 Å². The SMILES string of the molecule is CC1=Cc2c(cccc2N(c2ccccc2)c2ccccc2)C1[Si](C)(C)C1=C(C)Cc2c1cccc2N(c1ccccc1)c1ccccc1.CC1=Cc2c(cccc2N(c2ccccc2)c2ccccc2)C1[Si](C)(C)C1C(C)=Cc2c1cccc2N(c1ccccc1)c1ccccc1.[CH3-].[CH3-].[Cl][Zr+2][Cl]. The first-order valence-electron chi connectivity index (χ1n) is 35.1. The first-order valence-corrected chi connectivity index (χ1v) is 47.7. The summed E-state index contributed by atoms with van der Waals surface area (Å²) in [5, 5.41) is 1.62. The van der Waals surface area contributed by atoms with Gasteiger partial charge in [-0.25, -0.2) is 0 Å². The van der Waals surface area contributed by atoms with Gasteiger partial charge in [0, 0.05) is 78.8 Å². The molecule has 0 amide bonds. The second-order valence-corrected chi connectivity index (χ2v) is 41.1. The molecule has 3 unspecified atom stereocenters. The quantitative estimate of drug-likeness (QED) is 0.0706. The molecule has 0 aliphatic heterocycles. The topological polar surface area (TPSA) is 13.0 Å². The molecule has 12 aromatic rings. The van der Waals surface area contributed by atoms with Crippen molar-refractivity contribution in [3.05, 3.63) is 397 Å². The van der Waals surface area contributed by atoms with Crippen LogP contribution in [0.1, 0.15) is 88.8 Å². The van der Waals surface area contributed by atoms with Crippen molar-refractivity contribution in [1.82, 2.24) is 0 Å². The third-order valence-electron chi connectivity index (χ3n) is 21.0. The summed E-state index contributed by atoms with van der Waals surface area (Å²) in [6.07, 6.45) is 8.44. The van der Waals surface area contributed by atoms with Crippen molar-refractivity contribution < 1.29 is 20.8 Å². The summed E-state index contributed by atoms with van der Waals surface area (Å²) in [4.78, 5) is 9.70. The van der Waals surface area contributed by atoms with Crippen molar-refractivity contribution in [2.75, 3.05) is 19.6 Å². The number of allylic oxidation sites excluding steroid dienone is 4. The van der Waals surface area contributed by atoms with Crippen molar-refractivity contribution in [2.45, 2.75) is 76.9 Å². The zero-order valence-electron chi connectivity index (χ0n) is 60.7. The summed E-state index contributed by atoms with van der Waals surface area (Å²) in [7, 11) is 5.67. The number of fused-ring (bicyclic) bond motifs is 4. The first-order chi connectivity index (χ1) is 49.3. The fourth-order valence-corrected chi connectivity index (χ4v) is 27.1. The molecule has 0 N–H and O–H groups in total. The molecule has 4 aliphatic carbocycles. The number of hydrogen-bond donors (Lipinski definition) is 0. The van der Waals surface area contributed by atoms with Crippen LogP contribution in [0.2, 0.25) is 26.2 Å². The summed E-state index contributed by atoms with van der Waals surface area (Å²) in [6.45, 7) is 20.0. The van der Waals surface area contributed by atoms with E-state index in [0.29, 0.717) is 16.6 Å². The Balaban J connectivity index is 0.000000184. The number of nitrogens with zero attached hydrogens (tertiary/aromatic N) is 4. The molecule has 12 aromatic carbocycles. The van der Waals surface area contributed by atoms with Crippen LogP contribution in [0.25, 0.3) is 23.4 Å². The number of anilines is 12. The molecule has 0 heterocycles. The van der Waals surface area contributed by atoms with Crippen molar-refractivity contribution in [3.63, 3.8) is 0 Å². The van der Waals surface area contributed by atoms with Crippen LogP contribution in [0.5, 0.6) is 0 Å². The number of benzene rings is 12. The van der Waals surface area contributed by atoms with E-state index in [1.807, 2.05) is 0 Å². The number of rotatable bonds is 16. The average molecular weight is 1490 g/mol. The summed E-state index contributed by atoms with van der Waals surface area (Å²) < 4.78 is 0. The molecule has 0 radical (unpaired) electrons. The third-order valence-corrected chi connectivity index (χ3v) is 29.7. The molecule has 4 aliphatic rings. The van der Waals surface area contributed by atoms with Gasteiger partial charge in [-0.05, 0) is 183 Å². The Kier molecular flexibility index (Phi) is 22.9. The second-order valence-electron chi connectivity index (χ2n) is 28.1. The summed E-state index contributed by atoms with van der Waals surface area (Å²) in [5.74, 6) is 0. The Hall–Kier alpha value is -9.30. The molecular formula is C94H90Cl2N4Si2Zr. The summed E-state index contributed by atoms with van der Waals surface area (Å²) in [6, 6.07) is 114. The molecule has 103 heavy (non-hydrogen) atoms. The van der Waals surface area contributed by atoms with Crippen molar-refractivity contribution >= 4 is 125 Å². The maximum absolute atomic E-state index is 4.93. The predicted octanol–water partition coefficient (Wildman–Crippen LogP) is 28.3. The van der Waals surface area contributed by atoms with E-state index in [1.54, 1.807) is 5.20 Å². The molecule has 0 saturated heterocycles. The van der Waals surface area contributed by atoms with Crippen LogP contribution in [0.3, 0.4) is 0 Å². The summed E-state index contributed by atoms with van der Waals surface area (Å²) >= 11 is -0.826. The van der Waals surface area contributed by atoms with E-state index < -0.39 is 37.0 Å². The van der Waals surface area contributed by atoms with Crippen LogP contribution < -0.4 is 19.6 Å². The Morgan fingerprint density at radius 2 is 0.534 bits per heavy atom. The van der Waals surface area contributed by atoms with Gasteiger partial charge in [-0.3, -0.25) is 0 Å². The second kappa shape index (κ2) is 32.2. The van der Waals surface area contributed by atoms with Gasteiger partial charge in [-0.15, -0.1) is 0 Å². The van der Waals surface area contributed by atoms with E-state index in [4.69, 9.17) is 17.0 Å². The normalized spacial score (nSPS) is 15.1. The van der Waals surface area contributed by atoms with Gasteiger partial charge in [-0.1, -0.05) is 266 Å². The van der Waals surface area contributed by atoms with Gasteiger partial charge in [-0.2, -0.15) is 0 Å². The molecule has 9 heteroatoms. The van der Waals surface area contributed by atoms with E-state index in [1.165, 1.54) is 135 Å². The van der Waals surface area contributed by atoms with E-state index in [0.717, 1.165) is 6.42 Å². The molecule has 0 bridgehead atoms. The van der Waals surface area contributed by atoms with Crippen LogP contribution in [0, 0.1) is 14.9 Å². The molecular weight excluding hydrogens is 1400 g/mol. The molecule has 0 aromatic heterocycles. The minimum atomic E-state index is -2.12. The fourth-order valence-electron chi connectivity index (χ4n) is 17.4. The zero-order chi connectivity index (χ0) is 69.8. The number of para-hydroxylation sites is 8. The minimum absolute atomic E-state index is 0. The first kappa shape index (κ1) is 73.4.